The highest BCUT2D eigenvalue weighted by atomic mass is 32.2. The van der Waals surface area contributed by atoms with E-state index >= 15 is 0 Å². The Kier molecular flexibility index (Phi) is 4.61. The van der Waals surface area contributed by atoms with E-state index in [0.29, 0.717) is 11.4 Å². The first-order chi connectivity index (χ1) is 9.44. The van der Waals surface area contributed by atoms with Crippen molar-refractivity contribution >= 4 is 27.3 Å². The van der Waals surface area contributed by atoms with Gasteiger partial charge in [-0.05, 0) is 43.7 Å². The fourth-order valence-electron chi connectivity index (χ4n) is 2.14. The van der Waals surface area contributed by atoms with Crippen LogP contribution in [0.3, 0.4) is 0 Å². The number of carbonyl (C=O) groups excluding carboxylic acids is 1. The monoisotopic (exact) mass is 297 g/mol. The Bertz CT molecular complexity index is 563. The molecule has 1 aromatic rings. The van der Waals surface area contributed by atoms with Gasteiger partial charge in [0.25, 0.3) is 0 Å². The minimum absolute atomic E-state index is 0.0477. The Morgan fingerprint density at radius 2 is 1.85 bits per heavy atom. The van der Waals surface area contributed by atoms with Crippen LogP contribution in [-0.2, 0) is 14.8 Å². The first-order valence-electron chi connectivity index (χ1n) is 6.56. The minimum Gasteiger partial charge on any atom is -0.325 e. The van der Waals surface area contributed by atoms with Gasteiger partial charge in [-0.15, -0.1) is 0 Å². The number of carbonyl (C=O) groups is 1. The van der Waals surface area contributed by atoms with Gasteiger partial charge in [0, 0.05) is 11.4 Å². The van der Waals surface area contributed by atoms with Crippen molar-refractivity contribution in [2.75, 3.05) is 22.8 Å². The van der Waals surface area contributed by atoms with Gasteiger partial charge in [-0.3, -0.25) is 9.52 Å². The number of piperidine rings is 1. The van der Waals surface area contributed by atoms with Gasteiger partial charge in [-0.1, -0.05) is 6.42 Å². The molecule has 1 unspecified atom stereocenters. The summed E-state index contributed by atoms with van der Waals surface area (Å²) >= 11 is 0. The molecule has 0 bridgehead atoms. The number of amides is 1. The third kappa shape index (κ3) is 4.50. The summed E-state index contributed by atoms with van der Waals surface area (Å²) in [5, 5.41) is 6.00. The molecule has 0 radical (unpaired) electrons. The number of hydrogen-bond acceptors (Lipinski definition) is 4. The molecule has 0 saturated carbocycles. The highest BCUT2D eigenvalue weighted by Gasteiger charge is 2.20. The van der Waals surface area contributed by atoms with Crippen LogP contribution in [0.5, 0.6) is 0 Å². The van der Waals surface area contributed by atoms with E-state index in [-0.39, 0.29) is 11.9 Å². The predicted molar refractivity (Wildman–Crippen MR) is 79.2 cm³/mol. The zero-order valence-electron chi connectivity index (χ0n) is 11.3. The molecule has 1 amide bonds. The second-order valence-electron chi connectivity index (χ2n) is 4.94. The molecule has 0 aromatic heterocycles. The van der Waals surface area contributed by atoms with Crippen LogP contribution in [0.15, 0.2) is 24.3 Å². The number of benzene rings is 1. The van der Waals surface area contributed by atoms with E-state index in [4.69, 9.17) is 0 Å². The van der Waals surface area contributed by atoms with Crippen LogP contribution in [-0.4, -0.2) is 33.2 Å². The number of hydrogen-bond donors (Lipinski definition) is 3. The van der Waals surface area contributed by atoms with Crippen molar-refractivity contribution in [3.63, 3.8) is 0 Å². The van der Waals surface area contributed by atoms with Crippen molar-refractivity contribution in [1.29, 1.82) is 0 Å². The average molecular weight is 297 g/mol. The maximum atomic E-state index is 12.0. The number of rotatable bonds is 4. The summed E-state index contributed by atoms with van der Waals surface area (Å²) < 4.78 is 24.5. The molecule has 6 nitrogen and oxygen atoms in total. The highest BCUT2D eigenvalue weighted by Crippen LogP contribution is 2.16. The molecule has 1 aliphatic rings. The number of anilines is 2. The number of nitrogens with one attached hydrogen (secondary N) is 3. The van der Waals surface area contributed by atoms with E-state index in [1.807, 2.05) is 0 Å². The van der Waals surface area contributed by atoms with Gasteiger partial charge in [0.05, 0.1) is 12.3 Å². The van der Waals surface area contributed by atoms with Gasteiger partial charge in [0.15, 0.2) is 0 Å². The summed E-state index contributed by atoms with van der Waals surface area (Å²) in [6, 6.07) is 6.44. The molecule has 20 heavy (non-hydrogen) atoms. The summed E-state index contributed by atoms with van der Waals surface area (Å²) in [7, 11) is -3.28. The first-order valence-corrected chi connectivity index (χ1v) is 8.45. The largest absolute Gasteiger partial charge is 0.325 e. The summed E-state index contributed by atoms with van der Waals surface area (Å²) in [5.74, 6) is -0.0477. The zero-order valence-corrected chi connectivity index (χ0v) is 12.2. The molecule has 2 rings (SSSR count). The third-order valence-corrected chi connectivity index (χ3v) is 3.69. The Morgan fingerprint density at radius 3 is 2.40 bits per heavy atom. The molecule has 0 spiro atoms. The van der Waals surface area contributed by atoms with Crippen LogP contribution in [0, 0.1) is 0 Å². The van der Waals surface area contributed by atoms with E-state index in [1.165, 1.54) is 0 Å². The molecule has 0 aliphatic carbocycles. The number of sulfonamides is 1. The normalized spacial score (nSPS) is 19.4. The predicted octanol–water partition coefficient (Wildman–Crippen LogP) is 1.14. The van der Waals surface area contributed by atoms with Gasteiger partial charge < -0.3 is 10.6 Å². The van der Waals surface area contributed by atoms with E-state index in [2.05, 4.69) is 15.4 Å². The van der Waals surface area contributed by atoms with Crippen molar-refractivity contribution in [3.8, 4) is 0 Å². The summed E-state index contributed by atoms with van der Waals surface area (Å²) in [4.78, 5) is 12.0. The van der Waals surface area contributed by atoms with Crippen molar-refractivity contribution in [1.82, 2.24) is 5.32 Å². The summed E-state index contributed by atoms with van der Waals surface area (Å²) in [5.41, 5.74) is 1.13. The molecule has 1 aliphatic heterocycles. The van der Waals surface area contributed by atoms with Crippen LogP contribution >= 0.6 is 0 Å². The van der Waals surface area contributed by atoms with Crippen molar-refractivity contribution in [2.45, 2.75) is 25.3 Å². The SMILES string of the molecule is CS(=O)(=O)Nc1ccc(NC(=O)C2CCCCN2)cc1. The van der Waals surface area contributed by atoms with Crippen LogP contribution in [0.25, 0.3) is 0 Å². The molecule has 1 aromatic carbocycles. The van der Waals surface area contributed by atoms with Gasteiger partial charge in [-0.25, -0.2) is 8.42 Å². The zero-order chi connectivity index (χ0) is 14.6. The van der Waals surface area contributed by atoms with Crippen molar-refractivity contribution in [2.24, 2.45) is 0 Å². The van der Waals surface area contributed by atoms with Crippen molar-refractivity contribution in [3.05, 3.63) is 24.3 Å². The lowest BCUT2D eigenvalue weighted by atomic mass is 10.0. The summed E-state index contributed by atoms with van der Waals surface area (Å²) in [6.45, 7) is 0.870. The molecule has 1 heterocycles. The Morgan fingerprint density at radius 1 is 1.20 bits per heavy atom. The fourth-order valence-corrected chi connectivity index (χ4v) is 2.70. The lowest BCUT2D eigenvalue weighted by Gasteiger charge is -2.22. The molecule has 7 heteroatoms. The van der Waals surface area contributed by atoms with Crippen LogP contribution in [0.4, 0.5) is 11.4 Å². The van der Waals surface area contributed by atoms with E-state index < -0.39 is 10.0 Å². The Balaban J connectivity index is 1.94. The molecule has 1 saturated heterocycles. The fraction of sp³-hybridized carbons (Fsp3) is 0.462. The quantitative estimate of drug-likeness (QED) is 0.777. The van der Waals surface area contributed by atoms with Crippen molar-refractivity contribution < 1.29 is 13.2 Å². The van der Waals surface area contributed by atoms with Crippen LogP contribution < -0.4 is 15.4 Å². The standard InChI is InChI=1S/C13H19N3O3S/c1-20(18,19)16-11-7-5-10(6-8-11)15-13(17)12-4-2-3-9-14-12/h5-8,12,14,16H,2-4,9H2,1H3,(H,15,17). The maximum Gasteiger partial charge on any atom is 0.241 e. The Hall–Kier alpha value is -1.60. The molecule has 1 atom stereocenters. The molecular formula is C13H19N3O3S. The molecule has 110 valence electrons. The van der Waals surface area contributed by atoms with Gasteiger partial charge in [0.2, 0.25) is 15.9 Å². The average Bonchev–Trinajstić information content (AvgIpc) is 2.40. The minimum atomic E-state index is -3.28. The molecule has 3 N–H and O–H groups in total. The Labute approximate surface area is 119 Å². The van der Waals surface area contributed by atoms with Gasteiger partial charge in [-0.2, -0.15) is 0 Å². The lowest BCUT2D eigenvalue weighted by molar-refractivity contribution is -0.118. The van der Waals surface area contributed by atoms with E-state index in [9.17, 15) is 13.2 Å². The third-order valence-electron chi connectivity index (χ3n) is 3.08. The highest BCUT2D eigenvalue weighted by molar-refractivity contribution is 7.92. The van der Waals surface area contributed by atoms with Crippen LogP contribution in [0.1, 0.15) is 19.3 Å². The van der Waals surface area contributed by atoms with Crippen LogP contribution in [0.2, 0.25) is 0 Å². The second-order valence-corrected chi connectivity index (χ2v) is 6.69. The summed E-state index contributed by atoms with van der Waals surface area (Å²) in [6.07, 6.45) is 4.11. The van der Waals surface area contributed by atoms with E-state index in [0.717, 1.165) is 32.1 Å². The first kappa shape index (κ1) is 14.8. The smallest absolute Gasteiger partial charge is 0.241 e. The molecule has 1 fully saturated rings. The second kappa shape index (κ2) is 6.23. The lowest BCUT2D eigenvalue weighted by Crippen LogP contribution is -2.43. The maximum absolute atomic E-state index is 12.0. The van der Waals surface area contributed by atoms with Gasteiger partial charge in [0.1, 0.15) is 0 Å². The topological polar surface area (TPSA) is 87.3 Å². The van der Waals surface area contributed by atoms with E-state index in [1.54, 1.807) is 24.3 Å². The molecular weight excluding hydrogens is 278 g/mol. The van der Waals surface area contributed by atoms with Gasteiger partial charge >= 0.3 is 0 Å².